The van der Waals surface area contributed by atoms with Crippen molar-refractivity contribution in [3.8, 4) is 17.2 Å². The van der Waals surface area contributed by atoms with Crippen LogP contribution >= 0.6 is 0 Å². The largest absolute Gasteiger partial charge is 0.497 e. The Bertz CT molecular complexity index is 1230. The topological polar surface area (TPSA) is 75.0 Å². The monoisotopic (exact) mass is 448 g/mol. The van der Waals surface area contributed by atoms with Gasteiger partial charge in [0.15, 0.2) is 5.75 Å². The Labute approximate surface area is 193 Å². The molecule has 1 aromatic heterocycles. The zero-order valence-electron chi connectivity index (χ0n) is 19.3. The van der Waals surface area contributed by atoms with E-state index in [-0.39, 0.29) is 23.7 Å². The minimum Gasteiger partial charge on any atom is -0.497 e. The molecule has 33 heavy (non-hydrogen) atoms. The minimum atomic E-state index is -0.806. The van der Waals surface area contributed by atoms with E-state index >= 15 is 0 Å². The standard InChI is InChI=1S/C27H28O6/c1-18(2)9-8-10-19(3)15-16-31-24-22-14-13-21(30-4)17-23(22)32-27(29)25(24)33-26(28)20-11-6-5-7-12-20/h5-7,9,11-15,17H,8,10,16H2,1-4H3/b19-15+. The van der Waals surface area contributed by atoms with Gasteiger partial charge in [-0.2, -0.15) is 0 Å². The van der Waals surface area contributed by atoms with E-state index in [0.29, 0.717) is 16.7 Å². The number of hydrogen-bond donors (Lipinski definition) is 0. The second-order valence-electron chi connectivity index (χ2n) is 7.85. The average Bonchev–Trinajstić information content (AvgIpc) is 2.80. The summed E-state index contributed by atoms with van der Waals surface area (Å²) in [4.78, 5) is 25.4. The SMILES string of the molecule is COc1ccc2c(OC/C=C(\C)CCC=C(C)C)c(OC(=O)c3ccccc3)c(=O)oc2c1. The summed E-state index contributed by atoms with van der Waals surface area (Å²) in [6.07, 6.45) is 5.98. The van der Waals surface area contributed by atoms with Gasteiger partial charge in [-0.15, -0.1) is 0 Å². The number of fused-ring (bicyclic) bond motifs is 1. The Hall–Kier alpha value is -3.80. The van der Waals surface area contributed by atoms with Gasteiger partial charge in [-0.05, 0) is 64.0 Å². The van der Waals surface area contributed by atoms with Crippen LogP contribution in [0.15, 0.2) is 81.0 Å². The molecule has 0 saturated carbocycles. The molecule has 3 rings (SSSR count). The molecule has 0 bridgehead atoms. The van der Waals surface area contributed by atoms with E-state index in [1.807, 2.05) is 13.0 Å². The van der Waals surface area contributed by atoms with Gasteiger partial charge in [0.25, 0.3) is 5.75 Å². The summed E-state index contributed by atoms with van der Waals surface area (Å²) < 4.78 is 22.0. The van der Waals surface area contributed by atoms with Crippen molar-refractivity contribution in [3.63, 3.8) is 0 Å². The zero-order chi connectivity index (χ0) is 23.8. The zero-order valence-corrected chi connectivity index (χ0v) is 19.3. The average molecular weight is 449 g/mol. The number of methoxy groups -OCH3 is 1. The molecular formula is C27H28O6. The van der Waals surface area contributed by atoms with E-state index in [2.05, 4.69) is 19.9 Å². The predicted molar refractivity (Wildman–Crippen MR) is 128 cm³/mol. The number of allylic oxidation sites excluding steroid dienone is 3. The summed E-state index contributed by atoms with van der Waals surface area (Å²) in [6, 6.07) is 13.4. The van der Waals surface area contributed by atoms with E-state index < -0.39 is 11.6 Å². The van der Waals surface area contributed by atoms with E-state index in [9.17, 15) is 9.59 Å². The first kappa shape index (κ1) is 23.9. The van der Waals surface area contributed by atoms with Crippen LogP contribution in [0.25, 0.3) is 11.0 Å². The number of carbonyl (C=O) groups is 1. The normalized spacial score (nSPS) is 11.2. The van der Waals surface area contributed by atoms with Gasteiger partial charge in [0.05, 0.1) is 18.1 Å². The lowest BCUT2D eigenvalue weighted by Crippen LogP contribution is -2.16. The van der Waals surface area contributed by atoms with Crippen LogP contribution in [0, 0.1) is 0 Å². The molecule has 0 radical (unpaired) electrons. The Kier molecular flexibility index (Phi) is 8.08. The molecule has 0 spiro atoms. The van der Waals surface area contributed by atoms with Crippen molar-refractivity contribution in [3.05, 3.63) is 87.8 Å². The van der Waals surface area contributed by atoms with Crippen LogP contribution in [-0.2, 0) is 0 Å². The lowest BCUT2D eigenvalue weighted by atomic mass is 10.1. The van der Waals surface area contributed by atoms with Crippen molar-refractivity contribution in [1.82, 2.24) is 0 Å². The molecule has 2 aromatic carbocycles. The fourth-order valence-electron chi connectivity index (χ4n) is 3.18. The maximum atomic E-state index is 12.7. The molecular weight excluding hydrogens is 420 g/mol. The highest BCUT2D eigenvalue weighted by atomic mass is 16.6. The third-order valence-corrected chi connectivity index (χ3v) is 4.98. The van der Waals surface area contributed by atoms with Crippen LogP contribution in [0.3, 0.4) is 0 Å². The molecule has 0 unspecified atom stereocenters. The Morgan fingerprint density at radius 3 is 2.45 bits per heavy atom. The van der Waals surface area contributed by atoms with Crippen molar-refractivity contribution in [2.45, 2.75) is 33.6 Å². The molecule has 0 aliphatic carbocycles. The molecule has 3 aromatic rings. The van der Waals surface area contributed by atoms with Gasteiger partial charge < -0.3 is 18.6 Å². The van der Waals surface area contributed by atoms with Gasteiger partial charge in [-0.3, -0.25) is 0 Å². The van der Waals surface area contributed by atoms with E-state index in [1.54, 1.807) is 48.5 Å². The first-order chi connectivity index (χ1) is 15.9. The fraction of sp³-hybridized carbons (Fsp3) is 0.259. The van der Waals surface area contributed by atoms with Crippen LogP contribution in [0.5, 0.6) is 17.2 Å². The number of ether oxygens (including phenoxy) is 3. The summed E-state index contributed by atoms with van der Waals surface area (Å²) >= 11 is 0. The molecule has 0 aliphatic heterocycles. The molecule has 6 nitrogen and oxygen atoms in total. The van der Waals surface area contributed by atoms with E-state index in [4.69, 9.17) is 18.6 Å². The van der Waals surface area contributed by atoms with E-state index in [0.717, 1.165) is 18.4 Å². The Morgan fingerprint density at radius 2 is 1.76 bits per heavy atom. The predicted octanol–water partition coefficient (Wildman–Crippen LogP) is 6.09. The number of rotatable bonds is 9. The number of carbonyl (C=O) groups excluding carboxylic acids is 1. The lowest BCUT2D eigenvalue weighted by Gasteiger charge is -2.13. The van der Waals surface area contributed by atoms with Crippen LogP contribution in [0.4, 0.5) is 0 Å². The third kappa shape index (κ3) is 6.35. The first-order valence-electron chi connectivity index (χ1n) is 10.7. The van der Waals surface area contributed by atoms with E-state index in [1.165, 1.54) is 12.7 Å². The molecule has 172 valence electrons. The smallest absolute Gasteiger partial charge is 0.383 e. The highest BCUT2D eigenvalue weighted by molar-refractivity contribution is 5.93. The second-order valence-corrected chi connectivity index (χ2v) is 7.85. The van der Waals surface area contributed by atoms with Gasteiger partial charge in [-0.25, -0.2) is 9.59 Å². The molecule has 0 saturated heterocycles. The number of esters is 1. The third-order valence-electron chi connectivity index (χ3n) is 4.98. The summed E-state index contributed by atoms with van der Waals surface area (Å²) in [6.45, 7) is 6.38. The summed E-state index contributed by atoms with van der Waals surface area (Å²) in [5, 5.41) is 0.502. The highest BCUT2D eigenvalue weighted by Gasteiger charge is 2.22. The molecule has 1 heterocycles. The second kappa shape index (κ2) is 11.2. The molecule has 0 atom stereocenters. The highest BCUT2D eigenvalue weighted by Crippen LogP contribution is 2.35. The number of hydrogen-bond acceptors (Lipinski definition) is 6. The summed E-state index contributed by atoms with van der Waals surface area (Å²) in [5.41, 5.74) is 2.22. The van der Waals surface area contributed by atoms with Crippen LogP contribution in [-0.4, -0.2) is 19.7 Å². The quantitative estimate of drug-likeness (QED) is 0.224. The van der Waals surface area contributed by atoms with Gasteiger partial charge in [0.1, 0.15) is 17.9 Å². The maximum absolute atomic E-state index is 12.7. The molecule has 0 N–H and O–H groups in total. The van der Waals surface area contributed by atoms with Gasteiger partial charge in [0, 0.05) is 6.07 Å². The maximum Gasteiger partial charge on any atom is 0.383 e. The van der Waals surface area contributed by atoms with Gasteiger partial charge >= 0.3 is 11.6 Å². The van der Waals surface area contributed by atoms with Crippen molar-refractivity contribution in [1.29, 1.82) is 0 Å². The fourth-order valence-corrected chi connectivity index (χ4v) is 3.18. The van der Waals surface area contributed by atoms with Crippen LogP contribution in [0.1, 0.15) is 44.0 Å². The van der Waals surface area contributed by atoms with Gasteiger partial charge in [-0.1, -0.05) is 35.4 Å². The first-order valence-corrected chi connectivity index (χ1v) is 10.7. The molecule has 0 fully saturated rings. The molecule has 0 aliphatic rings. The van der Waals surface area contributed by atoms with Crippen molar-refractivity contribution < 1.29 is 23.4 Å². The van der Waals surface area contributed by atoms with Crippen LogP contribution < -0.4 is 19.8 Å². The minimum absolute atomic E-state index is 0.154. The van der Waals surface area contributed by atoms with Crippen molar-refractivity contribution in [2.75, 3.05) is 13.7 Å². The summed E-state index contributed by atoms with van der Waals surface area (Å²) in [5.74, 6) is -0.270. The van der Waals surface area contributed by atoms with Crippen LogP contribution in [0.2, 0.25) is 0 Å². The molecule has 6 heteroatoms. The number of benzene rings is 2. The summed E-state index contributed by atoms with van der Waals surface area (Å²) in [7, 11) is 1.52. The molecule has 0 amide bonds. The van der Waals surface area contributed by atoms with Crippen molar-refractivity contribution >= 4 is 16.9 Å². The Morgan fingerprint density at radius 1 is 1.00 bits per heavy atom. The Balaban J connectivity index is 1.93. The van der Waals surface area contributed by atoms with Gasteiger partial charge in [0.2, 0.25) is 0 Å². The van der Waals surface area contributed by atoms with Crippen molar-refractivity contribution in [2.24, 2.45) is 0 Å². The lowest BCUT2D eigenvalue weighted by molar-refractivity contribution is 0.0722.